The largest absolute Gasteiger partial charge is 0.456 e. The van der Waals surface area contributed by atoms with E-state index in [4.69, 9.17) is 18.9 Å². The summed E-state index contributed by atoms with van der Waals surface area (Å²) in [5.74, 6) is -0.330. The Morgan fingerprint density at radius 1 is 0.962 bits per heavy atom. The summed E-state index contributed by atoms with van der Waals surface area (Å²) in [5, 5.41) is 0. The summed E-state index contributed by atoms with van der Waals surface area (Å²) in [4.78, 5) is 12.3. The van der Waals surface area contributed by atoms with Gasteiger partial charge in [0, 0.05) is 12.0 Å². The molecule has 0 aliphatic carbocycles. The summed E-state index contributed by atoms with van der Waals surface area (Å²) in [6.45, 7) is 2.82. The molecule has 4 rings (SSSR count). The second kappa shape index (κ2) is 7.58. The highest BCUT2D eigenvalue weighted by Crippen LogP contribution is 2.32. The number of benzene rings is 2. The van der Waals surface area contributed by atoms with Crippen LogP contribution in [0.1, 0.15) is 34.2 Å². The van der Waals surface area contributed by atoms with E-state index in [0.717, 1.165) is 11.1 Å². The van der Waals surface area contributed by atoms with E-state index in [1.54, 1.807) is 12.1 Å². The zero-order valence-electron chi connectivity index (χ0n) is 14.7. The van der Waals surface area contributed by atoms with Crippen molar-refractivity contribution < 1.29 is 23.7 Å². The molecule has 2 heterocycles. The molecule has 2 aliphatic rings. The molecule has 2 aromatic rings. The van der Waals surface area contributed by atoms with Crippen LogP contribution in [0.25, 0.3) is 0 Å². The van der Waals surface area contributed by atoms with E-state index in [1.165, 1.54) is 0 Å². The number of ether oxygens (including phenoxy) is 4. The van der Waals surface area contributed by atoms with Gasteiger partial charge < -0.3 is 18.9 Å². The maximum atomic E-state index is 12.3. The third-order valence-corrected chi connectivity index (χ3v) is 4.75. The Morgan fingerprint density at radius 3 is 2.50 bits per heavy atom. The topological polar surface area (TPSA) is 54.0 Å². The van der Waals surface area contributed by atoms with Gasteiger partial charge in [-0.05, 0) is 19.1 Å². The van der Waals surface area contributed by atoms with Crippen LogP contribution in [0, 0.1) is 6.92 Å². The summed E-state index contributed by atoms with van der Waals surface area (Å²) in [6, 6.07) is 17.2. The van der Waals surface area contributed by atoms with E-state index in [-0.39, 0.29) is 24.3 Å². The maximum Gasteiger partial charge on any atom is 0.338 e. The fraction of sp³-hybridized carbons (Fsp3) is 0.381. The van der Waals surface area contributed by atoms with Gasteiger partial charge in [0.15, 0.2) is 6.29 Å². The lowest BCUT2D eigenvalue weighted by atomic mass is 10.0. The zero-order valence-corrected chi connectivity index (χ0v) is 14.7. The van der Waals surface area contributed by atoms with Gasteiger partial charge in [0.2, 0.25) is 0 Å². The number of rotatable bonds is 3. The molecule has 136 valence electrons. The van der Waals surface area contributed by atoms with Crippen LogP contribution in [0.4, 0.5) is 0 Å². The molecule has 3 unspecified atom stereocenters. The number of esters is 1. The van der Waals surface area contributed by atoms with Crippen molar-refractivity contribution in [1.29, 1.82) is 0 Å². The number of hydrogen-bond acceptors (Lipinski definition) is 5. The lowest BCUT2D eigenvalue weighted by Crippen LogP contribution is -2.50. The monoisotopic (exact) mass is 354 g/mol. The first-order valence-corrected chi connectivity index (χ1v) is 8.90. The Balaban J connectivity index is 1.37. The lowest BCUT2D eigenvalue weighted by Gasteiger charge is -2.41. The number of fused-ring (bicyclic) bond motifs is 1. The van der Waals surface area contributed by atoms with Crippen molar-refractivity contribution >= 4 is 5.97 Å². The predicted octanol–water partition coefficient (Wildman–Crippen LogP) is 3.42. The van der Waals surface area contributed by atoms with Crippen LogP contribution in [0.3, 0.4) is 0 Å². The Kier molecular flexibility index (Phi) is 5.02. The standard InChI is InChI=1S/C21H22O5/c1-14-7-9-15(10-8-14)20(22)25-17-11-18-19(23-12-17)13-24-21(26-18)16-5-3-2-4-6-16/h2-10,17-19,21H,11-13H2,1H3/t17?,18-,19?,21?/m1/s1. The average Bonchev–Trinajstić information content (AvgIpc) is 2.68. The Hall–Kier alpha value is -2.21. The van der Waals surface area contributed by atoms with E-state index < -0.39 is 6.29 Å². The van der Waals surface area contributed by atoms with E-state index >= 15 is 0 Å². The minimum absolute atomic E-state index is 0.121. The molecule has 0 radical (unpaired) electrons. The molecule has 0 aromatic heterocycles. The Morgan fingerprint density at radius 2 is 1.73 bits per heavy atom. The predicted molar refractivity (Wildman–Crippen MR) is 94.7 cm³/mol. The molecular formula is C21H22O5. The number of hydrogen-bond donors (Lipinski definition) is 0. The van der Waals surface area contributed by atoms with E-state index in [9.17, 15) is 4.79 Å². The molecule has 2 saturated heterocycles. The molecule has 0 bridgehead atoms. The van der Waals surface area contributed by atoms with Gasteiger partial charge >= 0.3 is 5.97 Å². The van der Waals surface area contributed by atoms with Crippen molar-refractivity contribution in [2.45, 2.75) is 37.9 Å². The molecule has 0 spiro atoms. The highest BCUT2D eigenvalue weighted by atomic mass is 16.7. The van der Waals surface area contributed by atoms with E-state index in [1.807, 2.05) is 49.4 Å². The summed E-state index contributed by atoms with van der Waals surface area (Å²) < 4.78 is 23.3. The SMILES string of the molecule is Cc1ccc(C(=O)OC2COC3COC(c4ccccc4)O[C@@H]3C2)cc1. The second-order valence-corrected chi connectivity index (χ2v) is 6.75. The molecule has 5 nitrogen and oxygen atoms in total. The van der Waals surface area contributed by atoms with Crippen molar-refractivity contribution in [2.75, 3.05) is 13.2 Å². The van der Waals surface area contributed by atoms with Gasteiger partial charge in [-0.1, -0.05) is 48.0 Å². The van der Waals surface area contributed by atoms with Crippen LogP contribution < -0.4 is 0 Å². The van der Waals surface area contributed by atoms with Crippen molar-refractivity contribution in [3.8, 4) is 0 Å². The minimum Gasteiger partial charge on any atom is -0.456 e. The van der Waals surface area contributed by atoms with Gasteiger partial charge in [0.25, 0.3) is 0 Å². The normalized spacial score (nSPS) is 28.2. The molecular weight excluding hydrogens is 332 g/mol. The highest BCUT2D eigenvalue weighted by molar-refractivity contribution is 5.89. The van der Waals surface area contributed by atoms with Crippen LogP contribution in [0.2, 0.25) is 0 Å². The van der Waals surface area contributed by atoms with Gasteiger partial charge in [-0.2, -0.15) is 0 Å². The summed E-state index contributed by atoms with van der Waals surface area (Å²) in [5.41, 5.74) is 2.63. The first kappa shape index (κ1) is 17.2. The van der Waals surface area contributed by atoms with Crippen molar-refractivity contribution in [3.05, 3.63) is 71.3 Å². The van der Waals surface area contributed by atoms with Crippen molar-refractivity contribution in [3.63, 3.8) is 0 Å². The van der Waals surface area contributed by atoms with Crippen molar-refractivity contribution in [1.82, 2.24) is 0 Å². The number of aryl methyl sites for hydroxylation is 1. The molecule has 0 saturated carbocycles. The second-order valence-electron chi connectivity index (χ2n) is 6.75. The van der Waals surface area contributed by atoms with Crippen LogP contribution in [-0.4, -0.2) is 37.5 Å². The van der Waals surface area contributed by atoms with Gasteiger partial charge in [-0.3, -0.25) is 0 Å². The molecule has 26 heavy (non-hydrogen) atoms. The quantitative estimate of drug-likeness (QED) is 0.791. The molecule has 2 fully saturated rings. The van der Waals surface area contributed by atoms with Crippen LogP contribution in [-0.2, 0) is 18.9 Å². The Bertz CT molecular complexity index is 743. The van der Waals surface area contributed by atoms with Gasteiger partial charge in [-0.25, -0.2) is 4.79 Å². The molecule has 0 amide bonds. The minimum atomic E-state index is -0.410. The number of carbonyl (C=O) groups excluding carboxylic acids is 1. The summed E-state index contributed by atoms with van der Waals surface area (Å²) >= 11 is 0. The number of carbonyl (C=O) groups is 1. The van der Waals surface area contributed by atoms with Gasteiger partial charge in [0.05, 0.1) is 24.9 Å². The zero-order chi connectivity index (χ0) is 17.9. The van der Waals surface area contributed by atoms with Crippen molar-refractivity contribution in [2.24, 2.45) is 0 Å². The fourth-order valence-electron chi connectivity index (χ4n) is 3.27. The fourth-order valence-corrected chi connectivity index (χ4v) is 3.27. The molecule has 2 aromatic carbocycles. The van der Waals surface area contributed by atoms with Gasteiger partial charge in [-0.15, -0.1) is 0 Å². The third kappa shape index (κ3) is 3.80. The first-order valence-electron chi connectivity index (χ1n) is 8.90. The third-order valence-electron chi connectivity index (χ3n) is 4.75. The molecule has 0 N–H and O–H groups in total. The van der Waals surface area contributed by atoms with Gasteiger partial charge in [0.1, 0.15) is 12.2 Å². The molecule has 5 heteroatoms. The lowest BCUT2D eigenvalue weighted by molar-refractivity contribution is -0.287. The maximum absolute atomic E-state index is 12.3. The molecule has 2 aliphatic heterocycles. The van der Waals surface area contributed by atoms with Crippen LogP contribution in [0.15, 0.2) is 54.6 Å². The average molecular weight is 354 g/mol. The van der Waals surface area contributed by atoms with E-state index in [2.05, 4.69) is 0 Å². The van der Waals surface area contributed by atoms with Crippen LogP contribution >= 0.6 is 0 Å². The van der Waals surface area contributed by atoms with Crippen LogP contribution in [0.5, 0.6) is 0 Å². The molecule has 4 atom stereocenters. The van der Waals surface area contributed by atoms with E-state index in [0.29, 0.717) is 25.2 Å². The smallest absolute Gasteiger partial charge is 0.338 e. The first-order chi connectivity index (χ1) is 12.7. The summed E-state index contributed by atoms with van der Waals surface area (Å²) in [7, 11) is 0. The Labute approximate surface area is 152 Å². The summed E-state index contributed by atoms with van der Waals surface area (Å²) in [6.07, 6.45) is -0.399. The highest BCUT2D eigenvalue weighted by Gasteiger charge is 2.39.